The number of aromatic amines is 1. The minimum atomic E-state index is -0.0337. The quantitative estimate of drug-likeness (QED) is 0.874. The van der Waals surface area contributed by atoms with Crippen LogP contribution in [0.15, 0.2) is 24.3 Å². The predicted octanol–water partition coefficient (Wildman–Crippen LogP) is 2.95. The van der Waals surface area contributed by atoms with E-state index in [0.29, 0.717) is 13.0 Å². The molecule has 1 aromatic carbocycles. The SMILES string of the molecule is CC(C)(CNC(=O)[C@@H]1CCc2n[nH]nc2C1)Cc1cccc(Cl)c1. The fraction of sp³-hybridized carbons (Fsp3) is 0.500. The van der Waals surface area contributed by atoms with Crippen molar-refractivity contribution in [3.63, 3.8) is 0 Å². The van der Waals surface area contributed by atoms with Crippen molar-refractivity contribution in [2.24, 2.45) is 11.3 Å². The molecule has 0 bridgehead atoms. The number of fused-ring (bicyclic) bond motifs is 1. The van der Waals surface area contributed by atoms with Gasteiger partial charge in [-0.05, 0) is 42.4 Å². The Morgan fingerprint density at radius 2 is 2.17 bits per heavy atom. The van der Waals surface area contributed by atoms with Gasteiger partial charge in [-0.3, -0.25) is 4.79 Å². The minimum absolute atomic E-state index is 0.00966. The van der Waals surface area contributed by atoms with Crippen molar-refractivity contribution >= 4 is 17.5 Å². The zero-order valence-electron chi connectivity index (χ0n) is 14.1. The van der Waals surface area contributed by atoms with E-state index in [1.165, 1.54) is 5.56 Å². The zero-order chi connectivity index (χ0) is 17.2. The maximum Gasteiger partial charge on any atom is 0.223 e. The first-order valence-electron chi connectivity index (χ1n) is 8.34. The minimum Gasteiger partial charge on any atom is -0.355 e. The number of nitrogens with one attached hydrogen (secondary N) is 2. The summed E-state index contributed by atoms with van der Waals surface area (Å²) in [5, 5.41) is 14.8. The number of amides is 1. The van der Waals surface area contributed by atoms with Crippen LogP contribution in [0.2, 0.25) is 5.02 Å². The molecule has 3 rings (SSSR count). The third-order valence-corrected chi connectivity index (χ3v) is 4.79. The van der Waals surface area contributed by atoms with Crippen LogP contribution in [-0.2, 0) is 24.1 Å². The van der Waals surface area contributed by atoms with Crippen molar-refractivity contribution in [1.29, 1.82) is 0 Å². The molecule has 0 radical (unpaired) electrons. The Labute approximate surface area is 147 Å². The third-order valence-electron chi connectivity index (χ3n) is 4.56. The number of carbonyl (C=O) groups excluding carboxylic acids is 1. The van der Waals surface area contributed by atoms with Gasteiger partial charge in [0.2, 0.25) is 5.91 Å². The number of benzene rings is 1. The molecule has 1 atom stereocenters. The molecule has 1 aromatic heterocycles. The highest BCUT2D eigenvalue weighted by Crippen LogP contribution is 2.25. The van der Waals surface area contributed by atoms with Crippen LogP contribution in [0.25, 0.3) is 0 Å². The standard InChI is InChI=1S/C18H23ClN4O/c1-18(2,10-12-4-3-5-14(19)8-12)11-20-17(24)13-6-7-15-16(9-13)22-23-21-15/h3-5,8,13H,6-7,9-11H2,1-2H3,(H,20,24)(H,21,22,23)/t13-/m1/s1. The average molecular weight is 347 g/mol. The predicted molar refractivity (Wildman–Crippen MR) is 93.8 cm³/mol. The van der Waals surface area contributed by atoms with Gasteiger partial charge in [-0.2, -0.15) is 15.4 Å². The maximum absolute atomic E-state index is 12.5. The second kappa shape index (κ2) is 6.93. The highest BCUT2D eigenvalue weighted by atomic mass is 35.5. The number of hydrogen-bond donors (Lipinski definition) is 2. The Hall–Kier alpha value is -1.88. The van der Waals surface area contributed by atoms with Gasteiger partial charge in [0.25, 0.3) is 0 Å². The summed E-state index contributed by atoms with van der Waals surface area (Å²) >= 11 is 6.05. The zero-order valence-corrected chi connectivity index (χ0v) is 14.9. The van der Waals surface area contributed by atoms with Crippen LogP contribution < -0.4 is 5.32 Å². The van der Waals surface area contributed by atoms with Crippen LogP contribution in [0, 0.1) is 11.3 Å². The van der Waals surface area contributed by atoms with Gasteiger partial charge in [0.05, 0.1) is 11.4 Å². The second-order valence-corrected chi connectivity index (χ2v) is 7.78. The number of halogens is 1. The lowest BCUT2D eigenvalue weighted by molar-refractivity contribution is -0.125. The molecule has 128 valence electrons. The lowest BCUT2D eigenvalue weighted by atomic mass is 9.85. The van der Waals surface area contributed by atoms with Gasteiger partial charge in [-0.15, -0.1) is 0 Å². The third kappa shape index (κ3) is 4.15. The average Bonchev–Trinajstić information content (AvgIpc) is 2.99. The van der Waals surface area contributed by atoms with Crippen molar-refractivity contribution in [3.05, 3.63) is 46.2 Å². The van der Waals surface area contributed by atoms with E-state index >= 15 is 0 Å². The molecule has 1 heterocycles. The number of nitrogens with zero attached hydrogens (tertiary/aromatic N) is 2. The van der Waals surface area contributed by atoms with Crippen molar-refractivity contribution < 1.29 is 4.79 Å². The normalized spacial score (nSPS) is 17.4. The van der Waals surface area contributed by atoms with Gasteiger partial charge in [0.1, 0.15) is 0 Å². The fourth-order valence-corrected chi connectivity index (χ4v) is 3.45. The first-order valence-corrected chi connectivity index (χ1v) is 8.71. The Bertz CT molecular complexity index is 725. The molecule has 1 amide bonds. The van der Waals surface area contributed by atoms with E-state index in [9.17, 15) is 4.79 Å². The molecule has 1 aliphatic rings. The van der Waals surface area contributed by atoms with Crippen LogP contribution >= 0.6 is 11.6 Å². The lowest BCUT2D eigenvalue weighted by Gasteiger charge is -2.27. The van der Waals surface area contributed by atoms with E-state index in [1.54, 1.807) is 0 Å². The molecule has 0 saturated carbocycles. The van der Waals surface area contributed by atoms with E-state index in [2.05, 4.69) is 40.6 Å². The number of aryl methyl sites for hydroxylation is 1. The molecule has 2 N–H and O–H groups in total. The summed E-state index contributed by atoms with van der Waals surface area (Å²) in [5.41, 5.74) is 3.08. The molecule has 0 aliphatic heterocycles. The van der Waals surface area contributed by atoms with Gasteiger partial charge in [-0.25, -0.2) is 0 Å². The van der Waals surface area contributed by atoms with Gasteiger partial charge < -0.3 is 5.32 Å². The smallest absolute Gasteiger partial charge is 0.223 e. The summed E-state index contributed by atoms with van der Waals surface area (Å²) in [7, 11) is 0. The summed E-state index contributed by atoms with van der Waals surface area (Å²) in [6.45, 7) is 4.95. The summed E-state index contributed by atoms with van der Waals surface area (Å²) in [5.74, 6) is 0.104. The highest BCUT2D eigenvalue weighted by molar-refractivity contribution is 6.30. The van der Waals surface area contributed by atoms with Crippen molar-refractivity contribution in [2.45, 2.75) is 39.5 Å². The number of carbonyl (C=O) groups is 1. The van der Waals surface area contributed by atoms with Crippen molar-refractivity contribution in [2.75, 3.05) is 6.54 Å². The van der Waals surface area contributed by atoms with Crippen LogP contribution in [0.4, 0.5) is 0 Å². The number of hydrogen-bond acceptors (Lipinski definition) is 3. The van der Waals surface area contributed by atoms with Crippen LogP contribution in [0.1, 0.15) is 37.2 Å². The van der Waals surface area contributed by atoms with Gasteiger partial charge in [-0.1, -0.05) is 37.6 Å². The second-order valence-electron chi connectivity index (χ2n) is 7.35. The molecule has 5 nitrogen and oxygen atoms in total. The maximum atomic E-state index is 12.5. The molecule has 1 aliphatic carbocycles. The Kier molecular flexibility index (Phi) is 4.90. The molecule has 0 saturated heterocycles. The topological polar surface area (TPSA) is 70.7 Å². The van der Waals surface area contributed by atoms with E-state index in [1.807, 2.05) is 18.2 Å². The van der Waals surface area contributed by atoms with Crippen LogP contribution in [0.5, 0.6) is 0 Å². The monoisotopic (exact) mass is 346 g/mol. The summed E-state index contributed by atoms with van der Waals surface area (Å²) in [6, 6.07) is 7.89. The Morgan fingerprint density at radius 3 is 2.96 bits per heavy atom. The Balaban J connectivity index is 1.53. The highest BCUT2D eigenvalue weighted by Gasteiger charge is 2.28. The molecular formula is C18H23ClN4O. The van der Waals surface area contributed by atoms with Crippen molar-refractivity contribution in [1.82, 2.24) is 20.7 Å². The Morgan fingerprint density at radius 1 is 1.38 bits per heavy atom. The first kappa shape index (κ1) is 17.0. The van der Waals surface area contributed by atoms with E-state index in [-0.39, 0.29) is 17.2 Å². The number of rotatable bonds is 5. The summed E-state index contributed by atoms with van der Waals surface area (Å²) < 4.78 is 0. The van der Waals surface area contributed by atoms with Gasteiger partial charge >= 0.3 is 0 Å². The van der Waals surface area contributed by atoms with Crippen LogP contribution in [-0.4, -0.2) is 27.9 Å². The van der Waals surface area contributed by atoms with E-state index in [4.69, 9.17) is 11.6 Å². The van der Waals surface area contributed by atoms with Gasteiger partial charge in [0.15, 0.2) is 0 Å². The summed E-state index contributed by atoms with van der Waals surface area (Å²) in [6.07, 6.45) is 3.19. The lowest BCUT2D eigenvalue weighted by Crippen LogP contribution is -2.40. The molecule has 0 spiro atoms. The summed E-state index contributed by atoms with van der Waals surface area (Å²) in [4.78, 5) is 12.5. The largest absolute Gasteiger partial charge is 0.355 e. The van der Waals surface area contributed by atoms with Crippen molar-refractivity contribution in [3.8, 4) is 0 Å². The number of aromatic nitrogens is 3. The van der Waals surface area contributed by atoms with E-state index in [0.717, 1.165) is 35.7 Å². The molecule has 6 heteroatoms. The molecule has 24 heavy (non-hydrogen) atoms. The molecule has 0 fully saturated rings. The first-order chi connectivity index (χ1) is 11.4. The van der Waals surface area contributed by atoms with Gasteiger partial charge in [0, 0.05) is 23.9 Å². The van der Waals surface area contributed by atoms with E-state index < -0.39 is 0 Å². The number of H-pyrrole nitrogens is 1. The van der Waals surface area contributed by atoms with Crippen LogP contribution in [0.3, 0.4) is 0 Å². The molecule has 0 unspecified atom stereocenters. The fourth-order valence-electron chi connectivity index (χ4n) is 3.24. The molecular weight excluding hydrogens is 324 g/mol. The molecule has 2 aromatic rings.